The molecular weight excluding hydrogens is 350 g/mol. The Labute approximate surface area is 156 Å². The first-order chi connectivity index (χ1) is 12.5. The van der Waals surface area contributed by atoms with E-state index in [1.165, 1.54) is 0 Å². The number of rotatable bonds is 2. The van der Waals surface area contributed by atoms with Gasteiger partial charge in [0, 0.05) is 38.2 Å². The standard InChI is InChI=1S/C18H21N5O2S/c1-22-16(20-21-18(22)26)11-6-8-23(9-7-11)17(25)13-10-15(24)19-14-5-3-2-4-12(13)14/h2-5,11,13H,6-10H2,1H3,(H,19,24)(H,21,26). The molecule has 0 saturated carbocycles. The molecule has 7 nitrogen and oxygen atoms in total. The number of benzene rings is 1. The fourth-order valence-corrected chi connectivity index (χ4v) is 4.07. The Balaban J connectivity index is 1.48. The molecule has 1 aromatic carbocycles. The topological polar surface area (TPSA) is 83.0 Å². The van der Waals surface area contributed by atoms with Crippen LogP contribution in [0.4, 0.5) is 5.69 Å². The summed E-state index contributed by atoms with van der Waals surface area (Å²) in [5.74, 6) is 0.792. The minimum Gasteiger partial charge on any atom is -0.342 e. The quantitative estimate of drug-likeness (QED) is 0.794. The highest BCUT2D eigenvalue weighted by molar-refractivity contribution is 7.71. The summed E-state index contributed by atoms with van der Waals surface area (Å²) >= 11 is 5.18. The molecule has 0 spiro atoms. The molecule has 26 heavy (non-hydrogen) atoms. The molecular formula is C18H21N5O2S. The maximum Gasteiger partial charge on any atom is 0.230 e. The van der Waals surface area contributed by atoms with E-state index in [1.54, 1.807) is 0 Å². The van der Waals surface area contributed by atoms with Crippen molar-refractivity contribution in [3.05, 3.63) is 40.4 Å². The molecule has 1 fully saturated rings. The number of carbonyl (C=O) groups excluding carboxylic acids is 2. The van der Waals surface area contributed by atoms with Gasteiger partial charge in [0.15, 0.2) is 4.77 Å². The van der Waals surface area contributed by atoms with E-state index in [2.05, 4.69) is 15.5 Å². The highest BCUT2D eigenvalue weighted by Gasteiger charge is 2.35. The second-order valence-corrected chi connectivity index (χ2v) is 7.32. The van der Waals surface area contributed by atoms with Crippen molar-refractivity contribution in [3.8, 4) is 0 Å². The average molecular weight is 371 g/mol. The van der Waals surface area contributed by atoms with Crippen LogP contribution in [0.15, 0.2) is 24.3 Å². The number of aromatic amines is 1. The Hall–Kier alpha value is -2.48. The predicted octanol–water partition coefficient (Wildman–Crippen LogP) is 2.31. The molecule has 136 valence electrons. The number of aromatic nitrogens is 3. The number of amides is 2. The van der Waals surface area contributed by atoms with Gasteiger partial charge in [-0.3, -0.25) is 14.7 Å². The molecule has 2 amide bonds. The van der Waals surface area contributed by atoms with Crippen molar-refractivity contribution in [1.82, 2.24) is 19.7 Å². The number of hydrogen-bond acceptors (Lipinski definition) is 4. The largest absolute Gasteiger partial charge is 0.342 e. The number of nitrogens with one attached hydrogen (secondary N) is 2. The van der Waals surface area contributed by atoms with Crippen molar-refractivity contribution >= 4 is 29.7 Å². The molecule has 1 unspecified atom stereocenters. The van der Waals surface area contributed by atoms with Crippen LogP contribution < -0.4 is 5.32 Å². The minimum atomic E-state index is -0.391. The van der Waals surface area contributed by atoms with Gasteiger partial charge >= 0.3 is 0 Å². The zero-order valence-corrected chi connectivity index (χ0v) is 15.4. The van der Waals surface area contributed by atoms with Gasteiger partial charge in [-0.15, -0.1) is 0 Å². The van der Waals surface area contributed by atoms with Crippen molar-refractivity contribution in [2.75, 3.05) is 18.4 Å². The van der Waals surface area contributed by atoms with Gasteiger partial charge in [0.1, 0.15) is 5.82 Å². The van der Waals surface area contributed by atoms with Gasteiger partial charge in [-0.2, -0.15) is 5.10 Å². The lowest BCUT2D eigenvalue weighted by Crippen LogP contribution is -2.42. The molecule has 2 N–H and O–H groups in total. The number of anilines is 1. The summed E-state index contributed by atoms with van der Waals surface area (Å²) in [6.07, 6.45) is 1.91. The molecule has 8 heteroatoms. The lowest BCUT2D eigenvalue weighted by atomic mass is 9.88. The second-order valence-electron chi connectivity index (χ2n) is 6.94. The number of hydrogen-bond donors (Lipinski definition) is 2. The fraction of sp³-hybridized carbons (Fsp3) is 0.444. The van der Waals surface area contributed by atoms with E-state index in [4.69, 9.17) is 12.2 Å². The summed E-state index contributed by atoms with van der Waals surface area (Å²) in [6, 6.07) is 7.56. The number of likely N-dealkylation sites (tertiary alicyclic amines) is 1. The first-order valence-electron chi connectivity index (χ1n) is 8.83. The SMILES string of the molecule is Cn1c(C2CCN(C(=O)C3CC(=O)Nc4ccccc43)CC2)n[nH]c1=S. The lowest BCUT2D eigenvalue weighted by Gasteiger charge is -2.35. The zero-order valence-electron chi connectivity index (χ0n) is 14.6. The molecule has 1 saturated heterocycles. The molecule has 2 aliphatic heterocycles. The Morgan fingerprint density at radius 2 is 2.00 bits per heavy atom. The van der Waals surface area contributed by atoms with Crippen LogP contribution in [0, 0.1) is 4.77 Å². The zero-order chi connectivity index (χ0) is 18.3. The van der Waals surface area contributed by atoms with E-state index in [1.807, 2.05) is 40.8 Å². The molecule has 0 radical (unpaired) electrons. The van der Waals surface area contributed by atoms with Gasteiger partial charge in [0.2, 0.25) is 11.8 Å². The highest BCUT2D eigenvalue weighted by atomic mass is 32.1. The van der Waals surface area contributed by atoms with Crippen molar-refractivity contribution in [2.24, 2.45) is 7.05 Å². The molecule has 2 aromatic rings. The molecule has 0 bridgehead atoms. The predicted molar refractivity (Wildman–Crippen MR) is 99.4 cm³/mol. The number of H-pyrrole nitrogens is 1. The average Bonchev–Trinajstić information content (AvgIpc) is 2.99. The first kappa shape index (κ1) is 17.0. The maximum absolute atomic E-state index is 13.1. The maximum atomic E-state index is 13.1. The number of fused-ring (bicyclic) bond motifs is 1. The van der Waals surface area contributed by atoms with Crippen LogP contribution in [-0.2, 0) is 16.6 Å². The van der Waals surface area contributed by atoms with Gasteiger partial charge in [-0.05, 0) is 36.7 Å². The Kier molecular flexibility index (Phi) is 4.36. The van der Waals surface area contributed by atoms with Crippen LogP contribution in [0.25, 0.3) is 0 Å². The fourth-order valence-electron chi connectivity index (χ4n) is 3.93. The third-order valence-corrected chi connectivity index (χ3v) is 5.75. The van der Waals surface area contributed by atoms with Crippen LogP contribution >= 0.6 is 12.2 Å². The summed E-state index contributed by atoms with van der Waals surface area (Å²) in [7, 11) is 1.91. The van der Waals surface area contributed by atoms with E-state index in [9.17, 15) is 9.59 Å². The van der Waals surface area contributed by atoms with Crippen molar-refractivity contribution in [3.63, 3.8) is 0 Å². The van der Waals surface area contributed by atoms with Gasteiger partial charge < -0.3 is 14.8 Å². The Morgan fingerprint density at radius 3 is 2.69 bits per heavy atom. The van der Waals surface area contributed by atoms with Crippen molar-refractivity contribution in [2.45, 2.75) is 31.1 Å². The minimum absolute atomic E-state index is 0.0427. The summed E-state index contributed by atoms with van der Waals surface area (Å²) in [6.45, 7) is 1.34. The Bertz CT molecular complexity index is 910. The van der Waals surface area contributed by atoms with Crippen LogP contribution in [-0.4, -0.2) is 44.6 Å². The molecule has 0 aliphatic carbocycles. The number of carbonyl (C=O) groups is 2. The normalized spacial score (nSPS) is 20.6. The summed E-state index contributed by atoms with van der Waals surface area (Å²) in [5, 5.41) is 10.0. The molecule has 4 rings (SSSR count). The van der Waals surface area contributed by atoms with E-state index in [-0.39, 0.29) is 18.2 Å². The van der Waals surface area contributed by atoms with Crippen LogP contribution in [0.1, 0.15) is 42.5 Å². The van der Waals surface area contributed by atoms with E-state index >= 15 is 0 Å². The summed E-state index contributed by atoms with van der Waals surface area (Å²) in [5.41, 5.74) is 1.66. The monoisotopic (exact) mass is 371 g/mol. The van der Waals surface area contributed by atoms with Crippen LogP contribution in [0.5, 0.6) is 0 Å². The smallest absolute Gasteiger partial charge is 0.230 e. The lowest BCUT2D eigenvalue weighted by molar-refractivity contribution is -0.136. The summed E-state index contributed by atoms with van der Waals surface area (Å²) < 4.78 is 2.52. The van der Waals surface area contributed by atoms with Crippen LogP contribution in [0.2, 0.25) is 0 Å². The van der Waals surface area contributed by atoms with Gasteiger partial charge in [0.25, 0.3) is 0 Å². The number of nitrogens with zero attached hydrogens (tertiary/aromatic N) is 3. The van der Waals surface area contributed by atoms with Gasteiger partial charge in [-0.25, -0.2) is 0 Å². The molecule has 1 aromatic heterocycles. The van der Waals surface area contributed by atoms with E-state index in [0.717, 1.165) is 29.9 Å². The van der Waals surface area contributed by atoms with Crippen molar-refractivity contribution in [1.29, 1.82) is 0 Å². The van der Waals surface area contributed by atoms with Crippen molar-refractivity contribution < 1.29 is 9.59 Å². The number of piperidine rings is 1. The molecule has 3 heterocycles. The Morgan fingerprint density at radius 1 is 1.27 bits per heavy atom. The highest BCUT2D eigenvalue weighted by Crippen LogP contribution is 2.35. The molecule has 2 aliphatic rings. The number of para-hydroxylation sites is 1. The second kappa shape index (κ2) is 6.68. The van der Waals surface area contributed by atoms with Gasteiger partial charge in [-0.1, -0.05) is 18.2 Å². The summed E-state index contributed by atoms with van der Waals surface area (Å²) in [4.78, 5) is 27.0. The third kappa shape index (κ3) is 2.94. The van der Waals surface area contributed by atoms with Gasteiger partial charge in [0.05, 0.1) is 5.92 Å². The third-order valence-electron chi connectivity index (χ3n) is 5.38. The van der Waals surface area contributed by atoms with E-state index < -0.39 is 5.92 Å². The first-order valence-corrected chi connectivity index (χ1v) is 9.24. The van der Waals surface area contributed by atoms with Crippen LogP contribution in [0.3, 0.4) is 0 Å². The molecule has 1 atom stereocenters. The van der Waals surface area contributed by atoms with E-state index in [0.29, 0.717) is 23.8 Å².